The molecule has 0 radical (unpaired) electrons. The second-order valence-electron chi connectivity index (χ2n) is 5.97. The summed E-state index contributed by atoms with van der Waals surface area (Å²) in [4.78, 5) is 2.40. The smallest absolute Gasteiger partial charge is 0.0461 e. The van der Waals surface area contributed by atoms with Crippen LogP contribution >= 0.6 is 11.6 Å². The van der Waals surface area contributed by atoms with Crippen LogP contribution in [0.15, 0.2) is 42.5 Å². The lowest BCUT2D eigenvalue weighted by atomic mass is 10.0. The number of rotatable bonds is 3. The zero-order valence-corrected chi connectivity index (χ0v) is 13.3. The quantitative estimate of drug-likeness (QED) is 0.915. The molecule has 2 nitrogen and oxygen atoms in total. The molecular weight excluding hydrogens is 280 g/mol. The molecule has 3 rings (SSSR count). The first kappa shape index (κ1) is 14.4. The first-order valence-electron chi connectivity index (χ1n) is 7.48. The Morgan fingerprint density at radius 1 is 1.19 bits per heavy atom. The lowest BCUT2D eigenvalue weighted by Gasteiger charge is -2.28. The Morgan fingerprint density at radius 2 is 1.90 bits per heavy atom. The third-order valence-corrected chi connectivity index (χ3v) is 4.44. The van der Waals surface area contributed by atoms with Gasteiger partial charge in [0.1, 0.15) is 0 Å². The van der Waals surface area contributed by atoms with Gasteiger partial charge in [-0.2, -0.15) is 0 Å². The maximum atomic E-state index is 6.44. The van der Waals surface area contributed by atoms with E-state index in [2.05, 4.69) is 42.2 Å². The Morgan fingerprint density at radius 3 is 2.67 bits per heavy atom. The Hall–Kier alpha value is -1.51. The third kappa shape index (κ3) is 2.66. The molecule has 2 aromatic rings. The van der Waals surface area contributed by atoms with Gasteiger partial charge < -0.3 is 10.6 Å². The molecule has 3 heteroatoms. The highest BCUT2D eigenvalue weighted by molar-refractivity contribution is 6.31. The number of halogens is 1. The van der Waals surface area contributed by atoms with E-state index in [1.54, 1.807) is 0 Å². The monoisotopic (exact) mass is 300 g/mol. The number of hydrogen-bond donors (Lipinski definition) is 1. The zero-order valence-electron chi connectivity index (χ0n) is 12.5. The molecule has 110 valence electrons. The van der Waals surface area contributed by atoms with Gasteiger partial charge in [-0.3, -0.25) is 0 Å². The molecule has 2 unspecified atom stereocenters. The summed E-state index contributed by atoms with van der Waals surface area (Å²) in [6, 6.07) is 15.3. The summed E-state index contributed by atoms with van der Waals surface area (Å²) in [6.07, 6.45) is 1.86. The van der Waals surface area contributed by atoms with Crippen molar-refractivity contribution in [3.63, 3.8) is 0 Å². The fourth-order valence-corrected chi connectivity index (χ4v) is 3.48. The molecule has 21 heavy (non-hydrogen) atoms. The van der Waals surface area contributed by atoms with E-state index in [9.17, 15) is 0 Å². The fraction of sp³-hybridized carbons (Fsp3) is 0.333. The van der Waals surface area contributed by atoms with Crippen LogP contribution < -0.4 is 10.6 Å². The van der Waals surface area contributed by atoms with Gasteiger partial charge in [0.05, 0.1) is 0 Å². The van der Waals surface area contributed by atoms with E-state index in [1.807, 2.05) is 19.1 Å². The van der Waals surface area contributed by atoms with Crippen molar-refractivity contribution in [2.24, 2.45) is 5.73 Å². The minimum atomic E-state index is 0.0943. The normalized spacial score (nSPS) is 18.7. The molecule has 2 aromatic carbocycles. The molecule has 0 aromatic heterocycles. The molecule has 1 aliphatic heterocycles. The Balaban J connectivity index is 2.10. The molecule has 0 aliphatic carbocycles. The largest absolute Gasteiger partial charge is 0.338 e. The van der Waals surface area contributed by atoms with Crippen molar-refractivity contribution in [3.05, 3.63) is 58.6 Å². The minimum absolute atomic E-state index is 0.0943. The second-order valence-corrected chi connectivity index (χ2v) is 6.38. The summed E-state index contributed by atoms with van der Waals surface area (Å²) in [5.74, 6) is 0. The van der Waals surface area contributed by atoms with E-state index in [0.717, 1.165) is 23.4 Å². The van der Waals surface area contributed by atoms with Gasteiger partial charge in [0, 0.05) is 28.5 Å². The average molecular weight is 301 g/mol. The van der Waals surface area contributed by atoms with Crippen molar-refractivity contribution in [1.29, 1.82) is 0 Å². The Labute approximate surface area is 131 Å². The molecule has 0 saturated carbocycles. The van der Waals surface area contributed by atoms with Crippen molar-refractivity contribution in [2.75, 3.05) is 4.90 Å². The number of benzene rings is 2. The lowest BCUT2D eigenvalue weighted by Crippen LogP contribution is -2.26. The molecule has 0 fully saturated rings. The van der Waals surface area contributed by atoms with Crippen LogP contribution in [0.2, 0.25) is 5.02 Å². The summed E-state index contributed by atoms with van der Waals surface area (Å²) in [6.45, 7) is 4.28. The van der Waals surface area contributed by atoms with Gasteiger partial charge in [-0.1, -0.05) is 35.9 Å². The van der Waals surface area contributed by atoms with Gasteiger partial charge in [-0.25, -0.2) is 0 Å². The predicted octanol–water partition coefficient (Wildman–Crippen LogP) is 4.31. The highest BCUT2D eigenvalue weighted by Gasteiger charge is 2.28. The maximum absolute atomic E-state index is 6.44. The van der Waals surface area contributed by atoms with Gasteiger partial charge in [0.15, 0.2) is 0 Å². The number of anilines is 2. The van der Waals surface area contributed by atoms with Crippen LogP contribution in [-0.2, 0) is 12.8 Å². The topological polar surface area (TPSA) is 29.3 Å². The van der Waals surface area contributed by atoms with Crippen LogP contribution in [0.4, 0.5) is 11.4 Å². The number of nitrogens with two attached hydrogens (primary N) is 1. The van der Waals surface area contributed by atoms with Crippen molar-refractivity contribution in [3.8, 4) is 0 Å². The number of para-hydroxylation sites is 1. The number of hydrogen-bond acceptors (Lipinski definition) is 2. The molecule has 1 heterocycles. The van der Waals surface area contributed by atoms with E-state index in [1.165, 1.54) is 16.9 Å². The summed E-state index contributed by atoms with van der Waals surface area (Å²) >= 11 is 6.44. The van der Waals surface area contributed by atoms with Crippen molar-refractivity contribution >= 4 is 23.0 Å². The summed E-state index contributed by atoms with van der Waals surface area (Å²) in [5.41, 5.74) is 11.0. The van der Waals surface area contributed by atoms with Crippen molar-refractivity contribution < 1.29 is 0 Å². The van der Waals surface area contributed by atoms with Crippen LogP contribution in [0.25, 0.3) is 0 Å². The molecule has 2 N–H and O–H groups in total. The van der Waals surface area contributed by atoms with Crippen molar-refractivity contribution in [1.82, 2.24) is 0 Å². The molecule has 0 spiro atoms. The van der Waals surface area contributed by atoms with E-state index >= 15 is 0 Å². The molecule has 0 saturated heterocycles. The van der Waals surface area contributed by atoms with Crippen LogP contribution in [0.5, 0.6) is 0 Å². The van der Waals surface area contributed by atoms with Crippen LogP contribution in [0.3, 0.4) is 0 Å². The first-order valence-corrected chi connectivity index (χ1v) is 7.86. The van der Waals surface area contributed by atoms with Gasteiger partial charge >= 0.3 is 0 Å². The molecule has 0 bridgehead atoms. The Bertz CT molecular complexity index is 651. The van der Waals surface area contributed by atoms with Gasteiger partial charge in [-0.05, 0) is 56.0 Å². The predicted molar refractivity (Wildman–Crippen MR) is 90.6 cm³/mol. The van der Waals surface area contributed by atoms with Crippen LogP contribution in [0, 0.1) is 0 Å². The van der Waals surface area contributed by atoms with Gasteiger partial charge in [-0.15, -0.1) is 0 Å². The molecular formula is C18H21ClN2. The van der Waals surface area contributed by atoms with E-state index in [4.69, 9.17) is 17.3 Å². The lowest BCUT2D eigenvalue weighted by molar-refractivity contribution is 0.722. The fourth-order valence-electron chi connectivity index (χ4n) is 3.23. The van der Waals surface area contributed by atoms with Crippen LogP contribution in [0.1, 0.15) is 25.0 Å². The van der Waals surface area contributed by atoms with E-state index < -0.39 is 0 Å². The zero-order chi connectivity index (χ0) is 15.0. The molecule has 1 aliphatic rings. The van der Waals surface area contributed by atoms with Gasteiger partial charge in [0.25, 0.3) is 0 Å². The third-order valence-electron chi connectivity index (χ3n) is 4.09. The minimum Gasteiger partial charge on any atom is -0.338 e. The highest BCUT2D eigenvalue weighted by Crippen LogP contribution is 2.41. The van der Waals surface area contributed by atoms with E-state index in [-0.39, 0.29) is 6.04 Å². The van der Waals surface area contributed by atoms with E-state index in [0.29, 0.717) is 6.04 Å². The second kappa shape index (κ2) is 5.70. The standard InChI is InChI=1S/C18H21ClN2/c1-12(20)10-15-16(19)7-5-9-18(15)21-13(2)11-14-6-3-4-8-17(14)21/h3-9,12-13H,10-11,20H2,1-2H3. The molecule has 2 atom stereocenters. The SMILES string of the molecule is CC(N)Cc1c(Cl)cccc1N1c2ccccc2CC1C. The number of fused-ring (bicyclic) bond motifs is 1. The van der Waals surface area contributed by atoms with Crippen LogP contribution in [-0.4, -0.2) is 12.1 Å². The highest BCUT2D eigenvalue weighted by atomic mass is 35.5. The first-order chi connectivity index (χ1) is 10.1. The van der Waals surface area contributed by atoms with Crippen molar-refractivity contribution in [2.45, 2.75) is 38.8 Å². The summed E-state index contributed by atoms with van der Waals surface area (Å²) < 4.78 is 0. The van der Waals surface area contributed by atoms with Gasteiger partial charge in [0.2, 0.25) is 0 Å². The number of nitrogens with zero attached hydrogens (tertiary/aromatic N) is 1. The summed E-state index contributed by atoms with van der Waals surface area (Å²) in [5, 5.41) is 0.807. The maximum Gasteiger partial charge on any atom is 0.0461 e. The molecule has 0 amide bonds. The Kier molecular flexibility index (Phi) is 3.92. The summed E-state index contributed by atoms with van der Waals surface area (Å²) in [7, 11) is 0. The average Bonchev–Trinajstić information content (AvgIpc) is 2.76.